The van der Waals surface area contributed by atoms with E-state index in [1.165, 1.54) is 18.4 Å². The van der Waals surface area contributed by atoms with Gasteiger partial charge in [0.25, 0.3) is 0 Å². The fourth-order valence-corrected chi connectivity index (χ4v) is 2.33. The van der Waals surface area contributed by atoms with Gasteiger partial charge in [0, 0.05) is 12.1 Å². The smallest absolute Gasteiger partial charge is 0.174 e. The largest absolute Gasteiger partial charge is 0.479 e. The highest BCUT2D eigenvalue weighted by molar-refractivity contribution is 5.29. The van der Waals surface area contributed by atoms with E-state index in [1.807, 2.05) is 18.2 Å². The summed E-state index contributed by atoms with van der Waals surface area (Å²) >= 11 is 0. The van der Waals surface area contributed by atoms with E-state index >= 15 is 0 Å². The van der Waals surface area contributed by atoms with Gasteiger partial charge in [-0.3, -0.25) is 0 Å². The predicted molar refractivity (Wildman–Crippen MR) is 82.6 cm³/mol. The Bertz CT molecular complexity index is 422. The highest BCUT2D eigenvalue weighted by atomic mass is 16.5. The molecule has 3 unspecified atom stereocenters. The normalized spacial score (nSPS) is 15.2. The Hall–Kier alpha value is -1.53. The molecule has 0 aromatic heterocycles. The molecular weight excluding hydrogens is 248 g/mol. The molecule has 3 nitrogen and oxygen atoms in total. The number of hydrogen-bond acceptors (Lipinski definition) is 3. The summed E-state index contributed by atoms with van der Waals surface area (Å²) in [5.41, 5.74) is 1.24. The van der Waals surface area contributed by atoms with Crippen LogP contribution in [-0.2, 0) is 0 Å². The highest BCUT2D eigenvalue weighted by Crippen LogP contribution is 2.19. The van der Waals surface area contributed by atoms with Gasteiger partial charge in [-0.15, -0.1) is 0 Å². The van der Waals surface area contributed by atoms with Crippen LogP contribution in [0.15, 0.2) is 24.3 Å². The Labute approximate surface area is 123 Å². The Morgan fingerprint density at radius 1 is 1.20 bits per heavy atom. The number of hydrogen-bond donors (Lipinski definition) is 1. The van der Waals surface area contributed by atoms with Gasteiger partial charge >= 0.3 is 0 Å². The Morgan fingerprint density at radius 3 is 2.40 bits per heavy atom. The lowest BCUT2D eigenvalue weighted by molar-refractivity contribution is 0.367. The zero-order valence-corrected chi connectivity index (χ0v) is 13.0. The van der Waals surface area contributed by atoms with Gasteiger partial charge < -0.3 is 10.1 Å². The maximum atomic E-state index is 8.48. The average molecular weight is 274 g/mol. The van der Waals surface area contributed by atoms with E-state index in [9.17, 15) is 0 Å². The zero-order chi connectivity index (χ0) is 15.0. The Balaban J connectivity index is 2.50. The SMILES string of the molecule is CCC(C)CC(C)NC(C)c1ccc(OCC#N)cc1. The van der Waals surface area contributed by atoms with Crippen LogP contribution in [0.4, 0.5) is 0 Å². The van der Waals surface area contributed by atoms with Crippen LogP contribution in [0.3, 0.4) is 0 Å². The minimum absolute atomic E-state index is 0.0963. The summed E-state index contributed by atoms with van der Waals surface area (Å²) in [7, 11) is 0. The molecule has 0 aliphatic carbocycles. The summed E-state index contributed by atoms with van der Waals surface area (Å²) in [6.45, 7) is 9.05. The number of benzene rings is 1. The van der Waals surface area contributed by atoms with Crippen molar-refractivity contribution in [3.8, 4) is 11.8 Å². The highest BCUT2D eigenvalue weighted by Gasteiger charge is 2.11. The van der Waals surface area contributed by atoms with Gasteiger partial charge in [0.2, 0.25) is 0 Å². The van der Waals surface area contributed by atoms with Crippen molar-refractivity contribution in [1.82, 2.24) is 5.32 Å². The molecule has 110 valence electrons. The van der Waals surface area contributed by atoms with Crippen molar-refractivity contribution in [2.24, 2.45) is 5.92 Å². The lowest BCUT2D eigenvalue weighted by atomic mass is 9.99. The molecule has 0 saturated heterocycles. The number of nitriles is 1. The molecule has 0 bridgehead atoms. The molecule has 3 atom stereocenters. The number of rotatable bonds is 8. The third-order valence-electron chi connectivity index (χ3n) is 3.67. The van der Waals surface area contributed by atoms with Crippen LogP contribution in [0, 0.1) is 17.2 Å². The van der Waals surface area contributed by atoms with Crippen molar-refractivity contribution < 1.29 is 4.74 Å². The monoisotopic (exact) mass is 274 g/mol. The Morgan fingerprint density at radius 2 is 1.85 bits per heavy atom. The lowest BCUT2D eigenvalue weighted by Crippen LogP contribution is -2.30. The van der Waals surface area contributed by atoms with E-state index in [0.717, 1.165) is 11.7 Å². The molecule has 0 aliphatic rings. The molecule has 0 amide bonds. The van der Waals surface area contributed by atoms with Gasteiger partial charge in [0.15, 0.2) is 6.61 Å². The molecule has 0 radical (unpaired) electrons. The summed E-state index contributed by atoms with van der Waals surface area (Å²) in [5.74, 6) is 1.50. The van der Waals surface area contributed by atoms with Gasteiger partial charge in [0.05, 0.1) is 0 Å². The lowest BCUT2D eigenvalue weighted by Gasteiger charge is -2.22. The number of ether oxygens (including phenoxy) is 1. The molecule has 1 N–H and O–H groups in total. The summed E-state index contributed by atoms with van der Waals surface area (Å²) in [6.07, 6.45) is 2.43. The molecule has 1 aromatic rings. The van der Waals surface area contributed by atoms with Gasteiger partial charge in [-0.2, -0.15) is 5.26 Å². The molecule has 0 aliphatic heterocycles. The van der Waals surface area contributed by atoms with Crippen LogP contribution in [-0.4, -0.2) is 12.6 Å². The first kappa shape index (κ1) is 16.5. The van der Waals surface area contributed by atoms with E-state index < -0.39 is 0 Å². The summed E-state index contributed by atoms with van der Waals surface area (Å²) in [6, 6.07) is 10.7. The minimum atomic E-state index is 0.0963. The minimum Gasteiger partial charge on any atom is -0.479 e. The fraction of sp³-hybridized carbons (Fsp3) is 0.588. The van der Waals surface area contributed by atoms with Crippen LogP contribution in [0.2, 0.25) is 0 Å². The molecule has 3 heteroatoms. The predicted octanol–water partition coefficient (Wildman–Crippen LogP) is 4.06. The van der Waals surface area contributed by atoms with Gasteiger partial charge in [0.1, 0.15) is 11.8 Å². The molecule has 0 spiro atoms. The summed E-state index contributed by atoms with van der Waals surface area (Å²) < 4.78 is 5.26. The molecule has 20 heavy (non-hydrogen) atoms. The standard InChI is InChI=1S/C17H26N2O/c1-5-13(2)12-14(3)19-15(4)16-6-8-17(9-7-16)20-11-10-18/h6-9,13-15,19H,5,11-12H2,1-4H3. The summed E-state index contributed by atoms with van der Waals surface area (Å²) in [5, 5.41) is 12.1. The van der Waals surface area contributed by atoms with Gasteiger partial charge in [-0.1, -0.05) is 32.4 Å². The second-order valence-electron chi connectivity index (χ2n) is 5.55. The first-order chi connectivity index (χ1) is 9.56. The third-order valence-corrected chi connectivity index (χ3v) is 3.67. The van der Waals surface area contributed by atoms with Crippen molar-refractivity contribution in [3.05, 3.63) is 29.8 Å². The van der Waals surface area contributed by atoms with E-state index in [2.05, 4.69) is 45.1 Å². The van der Waals surface area contributed by atoms with Gasteiger partial charge in [-0.25, -0.2) is 0 Å². The van der Waals surface area contributed by atoms with Crippen molar-refractivity contribution in [3.63, 3.8) is 0 Å². The quantitative estimate of drug-likeness (QED) is 0.777. The third kappa shape index (κ3) is 5.63. The van der Waals surface area contributed by atoms with Crippen molar-refractivity contribution in [2.45, 2.75) is 52.6 Å². The van der Waals surface area contributed by atoms with Crippen LogP contribution in [0.5, 0.6) is 5.75 Å². The van der Waals surface area contributed by atoms with Crippen LogP contribution < -0.4 is 10.1 Å². The van der Waals surface area contributed by atoms with Crippen molar-refractivity contribution >= 4 is 0 Å². The van der Waals surface area contributed by atoms with E-state index in [1.54, 1.807) is 0 Å². The molecule has 0 heterocycles. The van der Waals surface area contributed by atoms with Crippen LogP contribution in [0.1, 0.15) is 52.1 Å². The van der Waals surface area contributed by atoms with Crippen LogP contribution in [0.25, 0.3) is 0 Å². The average Bonchev–Trinajstić information content (AvgIpc) is 2.45. The van der Waals surface area contributed by atoms with E-state index in [-0.39, 0.29) is 6.61 Å². The maximum absolute atomic E-state index is 8.48. The molecule has 0 fully saturated rings. The number of nitrogens with zero attached hydrogens (tertiary/aromatic N) is 1. The second kappa shape index (κ2) is 8.60. The van der Waals surface area contributed by atoms with Crippen molar-refractivity contribution in [1.29, 1.82) is 5.26 Å². The van der Waals surface area contributed by atoms with E-state index in [4.69, 9.17) is 10.00 Å². The molecule has 1 aromatic carbocycles. The first-order valence-electron chi connectivity index (χ1n) is 7.42. The maximum Gasteiger partial charge on any atom is 0.174 e. The first-order valence-corrected chi connectivity index (χ1v) is 7.42. The summed E-state index contributed by atoms with van der Waals surface area (Å²) in [4.78, 5) is 0. The topological polar surface area (TPSA) is 45.0 Å². The molecule has 0 saturated carbocycles. The van der Waals surface area contributed by atoms with Crippen molar-refractivity contribution in [2.75, 3.05) is 6.61 Å². The molecule has 1 rings (SSSR count). The number of nitrogens with one attached hydrogen (secondary N) is 1. The van der Waals surface area contributed by atoms with Gasteiger partial charge in [-0.05, 0) is 43.9 Å². The van der Waals surface area contributed by atoms with Crippen LogP contribution >= 0.6 is 0 Å². The fourth-order valence-electron chi connectivity index (χ4n) is 2.33. The van der Waals surface area contributed by atoms with E-state index in [0.29, 0.717) is 12.1 Å². The second-order valence-corrected chi connectivity index (χ2v) is 5.55. The molecular formula is C17H26N2O. The Kier molecular flexibility index (Phi) is 7.11. The zero-order valence-electron chi connectivity index (χ0n) is 13.0.